The summed E-state index contributed by atoms with van der Waals surface area (Å²) in [5.74, 6) is -6.74. The molecule has 4 rings (SSSR count). The van der Waals surface area contributed by atoms with Crippen molar-refractivity contribution in [2.24, 2.45) is 0 Å². The molecule has 0 spiro atoms. The van der Waals surface area contributed by atoms with Crippen molar-refractivity contribution in [3.63, 3.8) is 0 Å². The monoisotopic (exact) mass is 469 g/mol. The second-order valence-electron chi connectivity index (χ2n) is 7.00. The van der Waals surface area contributed by atoms with Gasteiger partial charge in [-0.25, -0.2) is 23.6 Å². The minimum atomic E-state index is -5.87. The molecule has 0 aliphatic carbocycles. The predicted octanol–water partition coefficient (Wildman–Crippen LogP) is 3.72. The zero-order valence-corrected chi connectivity index (χ0v) is 16.6. The van der Waals surface area contributed by atoms with Gasteiger partial charge in [0.25, 0.3) is 5.91 Å². The van der Waals surface area contributed by atoms with E-state index in [1.165, 1.54) is 42.2 Å². The van der Waals surface area contributed by atoms with Crippen LogP contribution in [0.1, 0.15) is 27.4 Å². The van der Waals surface area contributed by atoms with Crippen molar-refractivity contribution >= 4 is 17.5 Å². The summed E-state index contributed by atoms with van der Waals surface area (Å²) in [5.41, 5.74) is -1.72. The standard InChI is InChI=1S/C19H13F6N7O/c1-10-6-14(18(21,22)19(23,24)25)32-15(27-10)7-13(29-32)16(33)28-17-26-9-31(30-17)8-11-2-4-12(20)5-3-11/h2-7,9H,8H2,1H3,(H,28,30,33). The van der Waals surface area contributed by atoms with Gasteiger partial charge in [0.05, 0.1) is 6.54 Å². The van der Waals surface area contributed by atoms with Crippen molar-refractivity contribution < 1.29 is 31.1 Å². The quantitative estimate of drug-likeness (QED) is 0.450. The lowest BCUT2D eigenvalue weighted by Gasteiger charge is -2.20. The van der Waals surface area contributed by atoms with Crippen LogP contribution in [0.5, 0.6) is 0 Å². The van der Waals surface area contributed by atoms with Crippen LogP contribution >= 0.6 is 0 Å². The molecule has 8 nitrogen and oxygen atoms in total. The van der Waals surface area contributed by atoms with Crippen LogP contribution in [0.25, 0.3) is 5.65 Å². The average Bonchev–Trinajstić information content (AvgIpc) is 3.35. The number of nitrogens with one attached hydrogen (secondary N) is 1. The zero-order chi connectivity index (χ0) is 24.0. The molecule has 4 aromatic rings. The molecule has 0 radical (unpaired) electrons. The van der Waals surface area contributed by atoms with Gasteiger partial charge in [0.1, 0.15) is 17.8 Å². The fraction of sp³-hybridized carbons (Fsp3) is 0.211. The summed E-state index contributed by atoms with van der Waals surface area (Å²) >= 11 is 0. The maximum atomic E-state index is 14.0. The lowest BCUT2D eigenvalue weighted by molar-refractivity contribution is -0.291. The van der Waals surface area contributed by atoms with E-state index in [1.54, 1.807) is 0 Å². The number of carbonyl (C=O) groups is 1. The first-order valence-corrected chi connectivity index (χ1v) is 9.22. The van der Waals surface area contributed by atoms with Crippen molar-refractivity contribution in [2.45, 2.75) is 25.6 Å². The third-order valence-corrected chi connectivity index (χ3v) is 4.49. The number of aryl methyl sites for hydroxylation is 1. The van der Waals surface area contributed by atoms with Gasteiger partial charge in [-0.2, -0.15) is 27.1 Å². The molecule has 0 aliphatic rings. The van der Waals surface area contributed by atoms with Gasteiger partial charge in [0.15, 0.2) is 11.3 Å². The van der Waals surface area contributed by atoms with Crippen molar-refractivity contribution in [3.8, 4) is 0 Å². The van der Waals surface area contributed by atoms with E-state index in [0.717, 1.165) is 6.07 Å². The van der Waals surface area contributed by atoms with Crippen molar-refractivity contribution in [2.75, 3.05) is 5.32 Å². The number of anilines is 1. The van der Waals surface area contributed by atoms with Crippen LogP contribution in [0, 0.1) is 12.7 Å². The number of fused-ring (bicyclic) bond motifs is 1. The Bertz CT molecular complexity index is 1330. The van der Waals surface area contributed by atoms with Gasteiger partial charge < -0.3 is 0 Å². The minimum absolute atomic E-state index is 0.116. The summed E-state index contributed by atoms with van der Waals surface area (Å²) < 4.78 is 81.2. The highest BCUT2D eigenvalue weighted by Crippen LogP contribution is 2.43. The second-order valence-corrected chi connectivity index (χ2v) is 7.00. The summed E-state index contributed by atoms with van der Waals surface area (Å²) in [6, 6.07) is 7.13. The molecular formula is C19H13F6N7O. The first-order valence-electron chi connectivity index (χ1n) is 9.22. The highest BCUT2D eigenvalue weighted by Gasteiger charge is 2.60. The molecule has 1 aromatic carbocycles. The molecule has 0 unspecified atom stereocenters. The smallest absolute Gasteiger partial charge is 0.288 e. The number of amides is 1. The van der Waals surface area contributed by atoms with Gasteiger partial charge in [0, 0.05) is 11.8 Å². The predicted molar refractivity (Wildman–Crippen MR) is 101 cm³/mol. The molecule has 0 bridgehead atoms. The zero-order valence-electron chi connectivity index (χ0n) is 16.6. The SMILES string of the molecule is Cc1cc(C(F)(F)C(F)(F)F)n2nc(C(=O)Nc3ncn(Cc4ccc(F)cc4)n3)cc2n1. The Morgan fingerprint density at radius 3 is 2.42 bits per heavy atom. The third kappa shape index (κ3) is 4.36. The maximum absolute atomic E-state index is 14.0. The minimum Gasteiger partial charge on any atom is -0.288 e. The summed E-state index contributed by atoms with van der Waals surface area (Å²) in [6.45, 7) is 1.46. The van der Waals surface area contributed by atoms with Gasteiger partial charge in [-0.1, -0.05) is 12.1 Å². The molecule has 1 N–H and O–H groups in total. The number of hydrogen-bond donors (Lipinski definition) is 1. The molecule has 33 heavy (non-hydrogen) atoms. The van der Waals surface area contributed by atoms with Crippen LogP contribution in [-0.2, 0) is 12.5 Å². The third-order valence-electron chi connectivity index (χ3n) is 4.49. The molecule has 0 atom stereocenters. The molecule has 0 aliphatic heterocycles. The maximum Gasteiger partial charge on any atom is 0.459 e. The molecular weight excluding hydrogens is 456 g/mol. The highest BCUT2D eigenvalue weighted by molar-refractivity contribution is 6.02. The van der Waals surface area contributed by atoms with Crippen LogP contribution in [-0.4, -0.2) is 41.4 Å². The second kappa shape index (κ2) is 7.86. The molecule has 1 amide bonds. The molecule has 14 heteroatoms. The Morgan fingerprint density at radius 2 is 1.76 bits per heavy atom. The van der Waals surface area contributed by atoms with Gasteiger partial charge in [-0.05, 0) is 30.7 Å². The Morgan fingerprint density at radius 1 is 1.06 bits per heavy atom. The molecule has 3 aromatic heterocycles. The number of aromatic nitrogens is 6. The van der Waals surface area contributed by atoms with Crippen LogP contribution in [0.3, 0.4) is 0 Å². The summed E-state index contributed by atoms with van der Waals surface area (Å²) in [4.78, 5) is 20.2. The largest absolute Gasteiger partial charge is 0.459 e. The van der Waals surface area contributed by atoms with E-state index in [4.69, 9.17) is 0 Å². The van der Waals surface area contributed by atoms with Crippen molar-refractivity contribution in [3.05, 3.63) is 71.2 Å². The van der Waals surface area contributed by atoms with Crippen molar-refractivity contribution in [1.29, 1.82) is 0 Å². The van der Waals surface area contributed by atoms with E-state index in [1.807, 2.05) is 0 Å². The first-order chi connectivity index (χ1) is 15.4. The molecule has 0 saturated heterocycles. The van der Waals surface area contributed by atoms with Gasteiger partial charge in [0.2, 0.25) is 5.95 Å². The van der Waals surface area contributed by atoms with Gasteiger partial charge in [-0.3, -0.25) is 10.1 Å². The average molecular weight is 469 g/mol. The lowest BCUT2D eigenvalue weighted by atomic mass is 10.2. The summed E-state index contributed by atoms with van der Waals surface area (Å²) in [7, 11) is 0. The number of rotatable bonds is 5. The van der Waals surface area contributed by atoms with Gasteiger partial charge >= 0.3 is 12.1 Å². The van der Waals surface area contributed by atoms with E-state index in [0.29, 0.717) is 11.6 Å². The van der Waals surface area contributed by atoms with E-state index in [2.05, 4.69) is 25.5 Å². The van der Waals surface area contributed by atoms with E-state index < -0.39 is 35.2 Å². The first kappa shape index (κ1) is 22.2. The summed E-state index contributed by atoms with van der Waals surface area (Å²) in [5, 5.41) is 9.87. The number of alkyl halides is 5. The van der Waals surface area contributed by atoms with Crippen LogP contribution < -0.4 is 5.32 Å². The number of nitrogens with zero attached hydrogens (tertiary/aromatic N) is 6. The number of halogens is 6. The van der Waals surface area contributed by atoms with Gasteiger partial charge in [-0.15, -0.1) is 5.10 Å². The molecule has 172 valence electrons. The molecule has 0 fully saturated rings. The number of benzene rings is 1. The van der Waals surface area contributed by atoms with Crippen LogP contribution in [0.2, 0.25) is 0 Å². The number of hydrogen-bond acceptors (Lipinski definition) is 5. The summed E-state index contributed by atoms with van der Waals surface area (Å²) in [6.07, 6.45) is -4.58. The van der Waals surface area contributed by atoms with Crippen LogP contribution in [0.15, 0.2) is 42.7 Å². The molecule has 0 saturated carbocycles. The fourth-order valence-electron chi connectivity index (χ4n) is 2.95. The van der Waals surface area contributed by atoms with E-state index in [-0.39, 0.29) is 28.3 Å². The highest BCUT2D eigenvalue weighted by atomic mass is 19.4. The Labute approximate surface area is 180 Å². The van der Waals surface area contributed by atoms with Crippen LogP contribution in [0.4, 0.5) is 32.3 Å². The Balaban J connectivity index is 1.57. The number of carbonyl (C=O) groups excluding carboxylic acids is 1. The Kier molecular flexibility index (Phi) is 5.30. The molecule has 3 heterocycles. The van der Waals surface area contributed by atoms with E-state index >= 15 is 0 Å². The topological polar surface area (TPSA) is 90.0 Å². The van der Waals surface area contributed by atoms with Crippen molar-refractivity contribution in [1.82, 2.24) is 29.4 Å². The Hall–Kier alpha value is -3.97. The fourth-order valence-corrected chi connectivity index (χ4v) is 2.95. The lowest BCUT2D eigenvalue weighted by Crippen LogP contribution is -2.36. The van der Waals surface area contributed by atoms with E-state index in [9.17, 15) is 31.1 Å². The normalized spacial score (nSPS) is 12.3.